The Bertz CT molecular complexity index is 27.0. The largest absolute Gasteiger partial charge is 1.00 e. The number of halogens is 1. The number of rotatable bonds is 2. The number of hydrogen-bond acceptors (Lipinski definition) is 1. The molecule has 0 fully saturated rings. The quantitative estimate of drug-likeness (QED) is 0.457. The van der Waals surface area contributed by atoms with Crippen molar-refractivity contribution in [2.75, 3.05) is 13.2 Å². The van der Waals surface area contributed by atoms with E-state index in [1.54, 1.807) is 0 Å². The third kappa shape index (κ3) is 48.8. The molecule has 0 aliphatic carbocycles. The topological polar surface area (TPSA) is 9.23 Å². The van der Waals surface area contributed by atoms with E-state index in [0.29, 0.717) is 0 Å². The van der Waals surface area contributed by atoms with E-state index >= 15 is 0 Å². The van der Waals surface area contributed by atoms with E-state index in [1.165, 1.54) is 4.55 Å². The molecule has 0 unspecified atom stereocenters. The molecule has 0 heterocycles. The first-order valence-corrected chi connectivity index (χ1v) is 4.20. The van der Waals surface area contributed by atoms with Crippen LogP contribution in [0.15, 0.2) is 0 Å². The van der Waals surface area contributed by atoms with Gasteiger partial charge in [-0.1, -0.05) is 0 Å². The Hall–Kier alpha value is 1.02. The summed E-state index contributed by atoms with van der Waals surface area (Å²) in [5.41, 5.74) is 0. The maximum atomic E-state index is 4.83. The molecule has 0 saturated heterocycles. The van der Waals surface area contributed by atoms with Crippen LogP contribution in [-0.4, -0.2) is 34.9 Å². The zero-order valence-corrected chi connectivity index (χ0v) is 8.78. The van der Waals surface area contributed by atoms with Gasteiger partial charge in [-0.25, -0.2) is 0 Å². The summed E-state index contributed by atoms with van der Waals surface area (Å²) in [5.74, 6) is 0. The molecule has 0 aromatic carbocycles. The Balaban J connectivity index is -0.0000000800. The van der Waals surface area contributed by atoms with Gasteiger partial charge < -0.3 is 17.1 Å². The van der Waals surface area contributed by atoms with Crippen LogP contribution in [0, 0.1) is 0 Å². The van der Waals surface area contributed by atoms with Crippen molar-refractivity contribution in [1.82, 2.24) is 0 Å². The predicted molar refractivity (Wildman–Crippen MR) is 38.4 cm³/mol. The molecule has 0 spiro atoms. The summed E-state index contributed by atoms with van der Waals surface area (Å²) < 4.78 is 6.11. The van der Waals surface area contributed by atoms with Gasteiger partial charge in [0.2, 0.25) is 0 Å². The molecule has 3 heteroatoms. The molecule has 0 aliphatic rings. The molecule has 0 aromatic heterocycles. The van der Waals surface area contributed by atoms with E-state index in [4.69, 9.17) is 4.74 Å². The van der Waals surface area contributed by atoms with Crippen molar-refractivity contribution < 1.29 is 17.1 Å². The Morgan fingerprint density at radius 2 is 1.33 bits per heavy atom. The van der Waals surface area contributed by atoms with Crippen LogP contribution in [-0.2, 0) is 4.74 Å². The van der Waals surface area contributed by atoms with Crippen molar-refractivity contribution in [3.8, 4) is 0 Å². The third-order valence-electron chi connectivity index (χ3n) is 0.408. The molecule has 0 saturated carbocycles. The molecule has 0 aliphatic heterocycles. The minimum absolute atomic E-state index is 0. The van der Waals surface area contributed by atoms with E-state index in [1.807, 2.05) is 35.6 Å². The molecule has 9 heavy (non-hydrogen) atoms. The molecule has 0 aromatic rings. The monoisotopic (exact) mass is 162 g/mol. The van der Waals surface area contributed by atoms with E-state index < -0.39 is 0 Å². The summed E-state index contributed by atoms with van der Waals surface area (Å²) in [6.07, 6.45) is 0. The van der Waals surface area contributed by atoms with Crippen molar-refractivity contribution in [3.05, 3.63) is 0 Å². The Labute approximate surface area is 77.4 Å². The van der Waals surface area contributed by atoms with Gasteiger partial charge in [0.1, 0.15) is 0 Å². The Morgan fingerprint density at radius 3 is 1.33 bits per heavy atom. The summed E-state index contributed by atoms with van der Waals surface area (Å²) in [5, 5.41) is 0. The van der Waals surface area contributed by atoms with Gasteiger partial charge in [0.15, 0.2) is 0 Å². The van der Waals surface area contributed by atoms with Crippen molar-refractivity contribution in [1.29, 1.82) is 0 Å². The number of hydrogen-bond donors (Lipinski definition) is 0. The second kappa shape index (κ2) is 23.0. The van der Waals surface area contributed by atoms with Gasteiger partial charge in [0.25, 0.3) is 0 Å². The first kappa shape index (κ1) is 16.5. The van der Waals surface area contributed by atoms with Crippen molar-refractivity contribution in [2.45, 2.75) is 25.3 Å². The molecule has 54 valence electrons. The van der Waals surface area contributed by atoms with E-state index in [9.17, 15) is 0 Å². The van der Waals surface area contributed by atoms with Crippen LogP contribution in [0.1, 0.15) is 20.8 Å². The average Bonchev–Trinajstić information content (AvgIpc) is 1.71. The standard InChI is InChI=1S/C4H10O.C2H5.ClH.Mg/c1-3-5-4-2;1-2;;/h3-4H2,1-2H3;1H2,2H3;1H;/q;;;+1/p-1. The first-order chi connectivity index (χ1) is 3.83. The van der Waals surface area contributed by atoms with E-state index in [2.05, 4.69) is 6.92 Å². The molecule has 1 nitrogen and oxygen atoms in total. The summed E-state index contributed by atoms with van der Waals surface area (Å²) in [4.78, 5) is 0. The van der Waals surface area contributed by atoms with Crippen LogP contribution in [0.3, 0.4) is 0 Å². The molecule has 0 amide bonds. The van der Waals surface area contributed by atoms with Crippen LogP contribution >= 0.6 is 0 Å². The molecule has 0 rings (SSSR count). The van der Waals surface area contributed by atoms with Gasteiger partial charge in [-0.05, 0) is 13.8 Å². The fourth-order valence-corrected chi connectivity index (χ4v) is 0.204. The van der Waals surface area contributed by atoms with Gasteiger partial charge in [0.05, 0.1) is 0 Å². The van der Waals surface area contributed by atoms with Crippen molar-refractivity contribution in [2.24, 2.45) is 0 Å². The van der Waals surface area contributed by atoms with Crippen LogP contribution in [0.4, 0.5) is 0 Å². The zero-order chi connectivity index (χ0) is 6.83. The zero-order valence-electron chi connectivity index (χ0n) is 6.61. The SMILES string of the molecule is CCOCC.C[CH2][Mg+].[Cl-]. The van der Waals surface area contributed by atoms with Crippen molar-refractivity contribution in [3.63, 3.8) is 0 Å². The van der Waals surface area contributed by atoms with Gasteiger partial charge in [0, 0.05) is 13.2 Å². The summed E-state index contributed by atoms with van der Waals surface area (Å²) in [7, 11) is 0. The Kier molecular flexibility index (Phi) is 42.3. The molecule has 0 atom stereocenters. The van der Waals surface area contributed by atoms with E-state index in [-0.39, 0.29) is 12.4 Å². The predicted octanol–water partition coefficient (Wildman–Crippen LogP) is -1.36. The van der Waals surface area contributed by atoms with Crippen molar-refractivity contribution >= 4 is 21.7 Å². The smallest absolute Gasteiger partial charge is 1.00 e. The minimum Gasteiger partial charge on any atom is -1.00 e. The summed E-state index contributed by atoms with van der Waals surface area (Å²) in [6, 6.07) is 0. The van der Waals surface area contributed by atoms with Crippen LogP contribution in [0.5, 0.6) is 0 Å². The second-order valence-electron chi connectivity index (χ2n) is 1.28. The summed E-state index contributed by atoms with van der Waals surface area (Å²) >= 11 is 1.97. The third-order valence-corrected chi connectivity index (χ3v) is 0.408. The molecular weight excluding hydrogens is 148 g/mol. The van der Waals surface area contributed by atoms with E-state index in [0.717, 1.165) is 13.2 Å². The molecule has 0 N–H and O–H groups in total. The maximum absolute atomic E-state index is 4.83. The maximum Gasteiger partial charge on any atom is -1.00 e. The minimum atomic E-state index is 0. The average molecular weight is 163 g/mol. The molecular formula is C6H15ClMgO. The molecule has 0 bridgehead atoms. The van der Waals surface area contributed by atoms with Gasteiger partial charge in [-0.2, -0.15) is 0 Å². The van der Waals surface area contributed by atoms with Crippen LogP contribution in [0.2, 0.25) is 4.55 Å². The van der Waals surface area contributed by atoms with Gasteiger partial charge in [-0.15, -0.1) is 0 Å². The molecule has 0 radical (unpaired) electrons. The Morgan fingerprint density at radius 1 is 1.11 bits per heavy atom. The van der Waals surface area contributed by atoms with Crippen LogP contribution in [0.25, 0.3) is 0 Å². The number of ether oxygens (including phenoxy) is 1. The summed E-state index contributed by atoms with van der Waals surface area (Å²) in [6.45, 7) is 7.80. The van der Waals surface area contributed by atoms with Gasteiger partial charge in [-0.3, -0.25) is 0 Å². The fraction of sp³-hybridized carbons (Fsp3) is 1.00. The normalized spacial score (nSPS) is 6.78. The second-order valence-corrected chi connectivity index (χ2v) is 2.28. The fourth-order valence-electron chi connectivity index (χ4n) is 0.204. The first-order valence-electron chi connectivity index (χ1n) is 3.20. The van der Waals surface area contributed by atoms with Crippen LogP contribution < -0.4 is 12.4 Å². The van der Waals surface area contributed by atoms with Gasteiger partial charge >= 0.3 is 33.2 Å².